The Bertz CT molecular complexity index is 1330. The number of allylic oxidation sites excluding steroid dienone is 2. The van der Waals surface area contributed by atoms with E-state index in [-0.39, 0.29) is 5.91 Å². The second-order valence-electron chi connectivity index (χ2n) is 8.18. The van der Waals surface area contributed by atoms with Crippen LogP contribution in [0.4, 0.5) is 17.5 Å². The number of anilines is 3. The van der Waals surface area contributed by atoms with Crippen LogP contribution < -0.4 is 31.3 Å². The maximum atomic E-state index is 12.3. The van der Waals surface area contributed by atoms with Crippen molar-refractivity contribution in [3.63, 3.8) is 0 Å². The molecule has 2 aliphatic rings. The quantitative estimate of drug-likeness (QED) is 0.315. The number of pyridine rings is 1. The molecule has 1 amide bonds. The van der Waals surface area contributed by atoms with Crippen LogP contribution in [0, 0.1) is 0 Å². The Hall–Kier alpha value is -4.44. The van der Waals surface area contributed by atoms with Crippen molar-refractivity contribution in [1.29, 1.82) is 0 Å². The van der Waals surface area contributed by atoms with Crippen LogP contribution >= 0.6 is 0 Å². The van der Waals surface area contributed by atoms with Crippen molar-refractivity contribution in [2.75, 3.05) is 30.8 Å². The van der Waals surface area contributed by atoms with E-state index in [1.54, 1.807) is 19.5 Å². The molecule has 3 aromatic rings. The number of aromatic nitrogens is 3. The van der Waals surface area contributed by atoms with Gasteiger partial charge in [-0.15, -0.1) is 0 Å². The van der Waals surface area contributed by atoms with Gasteiger partial charge in [0.1, 0.15) is 11.5 Å². The van der Waals surface area contributed by atoms with Gasteiger partial charge in [0.05, 0.1) is 18.7 Å². The van der Waals surface area contributed by atoms with Crippen LogP contribution in [0.15, 0.2) is 73.6 Å². The summed E-state index contributed by atoms with van der Waals surface area (Å²) in [5, 5.41) is 16.9. The van der Waals surface area contributed by atoms with Crippen LogP contribution in [-0.2, 0) is 10.5 Å². The zero-order valence-electron chi connectivity index (χ0n) is 19.2. The number of hydrogen-bond donors (Lipinski definition) is 5. The zero-order valence-corrected chi connectivity index (χ0v) is 19.2. The first-order valence-electron chi connectivity index (χ1n) is 11.2. The lowest BCUT2D eigenvalue weighted by molar-refractivity contribution is -0.118. The van der Waals surface area contributed by atoms with Gasteiger partial charge in [0.15, 0.2) is 5.66 Å². The maximum Gasteiger partial charge on any atom is 0.245 e. The molecule has 1 saturated heterocycles. The number of nitrogens with zero attached hydrogens (tertiary/aromatic N) is 3. The molecule has 4 heterocycles. The lowest BCUT2D eigenvalue weighted by atomic mass is 9.94. The van der Waals surface area contributed by atoms with E-state index in [1.165, 1.54) is 6.08 Å². The van der Waals surface area contributed by atoms with Crippen molar-refractivity contribution in [3.05, 3.63) is 79.2 Å². The van der Waals surface area contributed by atoms with E-state index in [1.807, 2.05) is 48.6 Å². The van der Waals surface area contributed by atoms with Gasteiger partial charge in [-0.05, 0) is 36.6 Å². The summed E-state index contributed by atoms with van der Waals surface area (Å²) >= 11 is 0. The first kappa shape index (κ1) is 22.4. The topological polar surface area (TPSA) is 125 Å². The predicted molar refractivity (Wildman–Crippen MR) is 135 cm³/mol. The number of carbonyl (C=O) groups is 1. The number of para-hydroxylation sites is 1. The number of benzene rings is 1. The van der Waals surface area contributed by atoms with Gasteiger partial charge >= 0.3 is 0 Å². The smallest absolute Gasteiger partial charge is 0.245 e. The molecule has 35 heavy (non-hydrogen) atoms. The summed E-state index contributed by atoms with van der Waals surface area (Å²) < 4.78 is 5.50. The van der Waals surface area contributed by atoms with Crippen molar-refractivity contribution in [3.8, 4) is 5.88 Å². The van der Waals surface area contributed by atoms with Gasteiger partial charge < -0.3 is 31.3 Å². The third kappa shape index (κ3) is 4.51. The Balaban J connectivity index is 1.49. The molecular weight excluding hydrogens is 444 g/mol. The van der Waals surface area contributed by atoms with Gasteiger partial charge in [0.25, 0.3) is 0 Å². The Morgan fingerprint density at radius 2 is 2.11 bits per heavy atom. The molecule has 178 valence electrons. The maximum absolute atomic E-state index is 12.3. The average Bonchev–Trinajstić information content (AvgIpc) is 2.87. The van der Waals surface area contributed by atoms with Crippen LogP contribution in [-0.4, -0.2) is 47.1 Å². The van der Waals surface area contributed by atoms with Crippen molar-refractivity contribution in [1.82, 2.24) is 30.9 Å². The van der Waals surface area contributed by atoms with Crippen molar-refractivity contribution in [2.45, 2.75) is 11.7 Å². The number of dihydropyridines is 1. The minimum absolute atomic E-state index is 0.316. The molecule has 10 heteroatoms. The highest BCUT2D eigenvalue weighted by Crippen LogP contribution is 2.31. The van der Waals surface area contributed by atoms with Crippen molar-refractivity contribution in [2.24, 2.45) is 0 Å². The third-order valence-electron chi connectivity index (χ3n) is 5.84. The first-order valence-corrected chi connectivity index (χ1v) is 11.2. The zero-order chi connectivity index (χ0) is 24.3. The molecule has 0 radical (unpaired) electrons. The molecular formula is C25H26N8O2. The van der Waals surface area contributed by atoms with Crippen LogP contribution in [0.1, 0.15) is 5.56 Å². The molecule has 5 rings (SSSR count). The SMILES string of the molecule is C=CC(=O)NC1(c2cccc3cnc(Nc4ccc(NC5CNC5)nc4OC)nc23)C=CC=CN1. The van der Waals surface area contributed by atoms with Gasteiger partial charge in [0.2, 0.25) is 17.7 Å². The molecule has 5 N–H and O–H groups in total. The Morgan fingerprint density at radius 3 is 2.83 bits per heavy atom. The highest BCUT2D eigenvalue weighted by atomic mass is 16.5. The minimum Gasteiger partial charge on any atom is -0.479 e. The Kier molecular flexibility index (Phi) is 6.02. The summed E-state index contributed by atoms with van der Waals surface area (Å²) in [5.74, 6) is 1.22. The summed E-state index contributed by atoms with van der Waals surface area (Å²) in [6.07, 6.45) is 10.3. The van der Waals surface area contributed by atoms with Crippen LogP contribution in [0.5, 0.6) is 5.88 Å². The molecule has 2 aromatic heterocycles. The monoisotopic (exact) mass is 470 g/mol. The van der Waals surface area contributed by atoms with Crippen LogP contribution in [0.25, 0.3) is 10.9 Å². The van der Waals surface area contributed by atoms with E-state index < -0.39 is 5.66 Å². The largest absolute Gasteiger partial charge is 0.479 e. The highest BCUT2D eigenvalue weighted by Gasteiger charge is 2.33. The number of methoxy groups -OCH3 is 1. The molecule has 0 aliphatic carbocycles. The van der Waals surface area contributed by atoms with E-state index in [0.717, 1.165) is 29.9 Å². The normalized spacial score (nSPS) is 18.9. The molecule has 10 nitrogen and oxygen atoms in total. The average molecular weight is 471 g/mol. The number of ether oxygens (including phenoxy) is 1. The Labute approximate surface area is 202 Å². The fourth-order valence-corrected chi connectivity index (χ4v) is 3.97. The van der Waals surface area contributed by atoms with Gasteiger partial charge in [-0.3, -0.25) is 4.79 Å². The number of hydrogen-bond acceptors (Lipinski definition) is 9. The molecule has 0 saturated carbocycles. The number of amides is 1. The fourth-order valence-electron chi connectivity index (χ4n) is 3.97. The first-order chi connectivity index (χ1) is 17.1. The van der Waals surface area contributed by atoms with E-state index in [9.17, 15) is 4.79 Å². The number of nitrogens with one attached hydrogen (secondary N) is 5. The van der Waals surface area contributed by atoms with Gasteiger partial charge in [-0.25, -0.2) is 9.97 Å². The fraction of sp³-hybridized carbons (Fsp3) is 0.200. The second kappa shape index (κ2) is 9.43. The van der Waals surface area contributed by atoms with E-state index >= 15 is 0 Å². The summed E-state index contributed by atoms with van der Waals surface area (Å²) in [6, 6.07) is 9.86. The molecule has 1 aromatic carbocycles. The molecule has 2 aliphatic heterocycles. The molecule has 1 fully saturated rings. The molecule has 0 bridgehead atoms. The molecule has 1 atom stereocenters. The van der Waals surface area contributed by atoms with Crippen molar-refractivity contribution < 1.29 is 9.53 Å². The lowest BCUT2D eigenvalue weighted by Crippen LogP contribution is -2.53. The molecule has 1 unspecified atom stereocenters. The summed E-state index contributed by atoms with van der Waals surface area (Å²) in [6.45, 7) is 5.39. The number of fused-ring (bicyclic) bond motifs is 1. The Morgan fingerprint density at radius 1 is 1.23 bits per heavy atom. The van der Waals surface area contributed by atoms with E-state index in [0.29, 0.717) is 29.1 Å². The highest BCUT2D eigenvalue weighted by molar-refractivity contribution is 5.90. The third-order valence-corrected chi connectivity index (χ3v) is 5.84. The van der Waals surface area contributed by atoms with Gasteiger partial charge in [-0.2, -0.15) is 4.98 Å². The second-order valence-corrected chi connectivity index (χ2v) is 8.18. The summed E-state index contributed by atoms with van der Waals surface area (Å²) in [4.78, 5) is 26.1. The predicted octanol–water partition coefficient (Wildman–Crippen LogP) is 2.29. The van der Waals surface area contributed by atoms with Crippen LogP contribution in [0.2, 0.25) is 0 Å². The summed E-state index contributed by atoms with van der Waals surface area (Å²) in [7, 11) is 1.57. The van der Waals surface area contributed by atoms with Gasteiger partial charge in [0, 0.05) is 30.2 Å². The number of carbonyl (C=O) groups excluding carboxylic acids is 1. The standard InChI is InChI=1S/C25H26N8O2/c1-3-21(34)33-25(11-4-5-12-28-25)18-8-6-7-16-13-27-24(32-22(16)18)30-19-9-10-20(31-23(19)35-2)29-17-14-26-15-17/h3-13,17,26,28H,1,14-15H2,2H3,(H,29,31)(H,33,34)(H,27,30,32). The van der Waals surface area contributed by atoms with E-state index in [2.05, 4.69) is 43.1 Å². The molecule has 0 spiro atoms. The van der Waals surface area contributed by atoms with Gasteiger partial charge in [-0.1, -0.05) is 30.9 Å². The lowest BCUT2D eigenvalue weighted by Gasteiger charge is -2.34. The summed E-state index contributed by atoms with van der Waals surface area (Å²) in [5.41, 5.74) is 1.07. The van der Waals surface area contributed by atoms with Crippen molar-refractivity contribution >= 4 is 34.3 Å². The number of rotatable bonds is 8. The minimum atomic E-state index is -0.992. The van der Waals surface area contributed by atoms with Crippen LogP contribution in [0.3, 0.4) is 0 Å². The van der Waals surface area contributed by atoms with E-state index in [4.69, 9.17) is 9.72 Å².